The Morgan fingerprint density at radius 2 is 1.95 bits per heavy atom. The highest BCUT2D eigenvalue weighted by Crippen LogP contribution is 2.16. The molecule has 0 fully saturated rings. The number of alkyl carbamates (subject to hydrolysis) is 1. The van der Waals surface area contributed by atoms with Gasteiger partial charge >= 0.3 is 12.2 Å². The predicted octanol–water partition coefficient (Wildman–Crippen LogP) is 2.99. The molecule has 0 spiro atoms. The lowest BCUT2D eigenvalue weighted by molar-refractivity contribution is 0.112. The standard InChI is InChI=1S/C15H22N2O4/c1-5-20-14(18)16-9-12(4)21-15(19)17-13-8-10(2)6-7-11(13)3/h6-8,12H,5,9H2,1-4H3,(H,16,18)(H,17,19). The minimum atomic E-state index is -0.554. The molecule has 21 heavy (non-hydrogen) atoms. The molecule has 1 atom stereocenters. The lowest BCUT2D eigenvalue weighted by Gasteiger charge is -2.15. The molecule has 0 heterocycles. The quantitative estimate of drug-likeness (QED) is 0.875. The second-order valence-electron chi connectivity index (χ2n) is 4.76. The predicted molar refractivity (Wildman–Crippen MR) is 80.5 cm³/mol. The SMILES string of the molecule is CCOC(=O)NCC(C)OC(=O)Nc1cc(C)ccc1C. The van der Waals surface area contributed by atoms with E-state index in [1.165, 1.54) is 0 Å². The Hall–Kier alpha value is -2.24. The highest BCUT2D eigenvalue weighted by molar-refractivity contribution is 5.85. The first-order valence-corrected chi connectivity index (χ1v) is 6.88. The van der Waals surface area contributed by atoms with E-state index in [0.29, 0.717) is 12.3 Å². The molecule has 0 saturated carbocycles. The lowest BCUT2D eigenvalue weighted by atomic mass is 10.1. The summed E-state index contributed by atoms with van der Waals surface area (Å²) in [7, 11) is 0. The number of rotatable bonds is 5. The van der Waals surface area contributed by atoms with Crippen molar-refractivity contribution in [3.05, 3.63) is 29.3 Å². The molecule has 6 nitrogen and oxygen atoms in total. The first-order valence-electron chi connectivity index (χ1n) is 6.88. The smallest absolute Gasteiger partial charge is 0.411 e. The molecule has 1 unspecified atom stereocenters. The van der Waals surface area contributed by atoms with Crippen LogP contribution in [0.25, 0.3) is 0 Å². The Kier molecular flexibility index (Phi) is 6.52. The van der Waals surface area contributed by atoms with Crippen LogP contribution < -0.4 is 10.6 Å². The Bertz CT molecular complexity index is 502. The van der Waals surface area contributed by atoms with Crippen LogP contribution in [0.3, 0.4) is 0 Å². The number of nitrogens with one attached hydrogen (secondary N) is 2. The average molecular weight is 294 g/mol. The maximum Gasteiger partial charge on any atom is 0.411 e. The van der Waals surface area contributed by atoms with Crippen molar-refractivity contribution in [3.63, 3.8) is 0 Å². The molecule has 0 bridgehead atoms. The monoisotopic (exact) mass is 294 g/mol. The third kappa shape index (κ3) is 6.16. The second-order valence-corrected chi connectivity index (χ2v) is 4.76. The molecule has 0 aromatic heterocycles. The normalized spacial score (nSPS) is 11.4. The van der Waals surface area contributed by atoms with Crippen LogP contribution in [0.4, 0.5) is 15.3 Å². The van der Waals surface area contributed by atoms with Crippen molar-refractivity contribution < 1.29 is 19.1 Å². The Balaban J connectivity index is 2.42. The van der Waals surface area contributed by atoms with Crippen LogP contribution in [0.2, 0.25) is 0 Å². The fourth-order valence-electron chi connectivity index (χ4n) is 1.64. The number of ether oxygens (including phenoxy) is 2. The minimum Gasteiger partial charge on any atom is -0.450 e. The van der Waals surface area contributed by atoms with Gasteiger partial charge in [0, 0.05) is 5.69 Å². The topological polar surface area (TPSA) is 76.7 Å². The van der Waals surface area contributed by atoms with Gasteiger partial charge in [0.05, 0.1) is 13.2 Å². The van der Waals surface area contributed by atoms with Crippen LogP contribution in [-0.2, 0) is 9.47 Å². The zero-order chi connectivity index (χ0) is 15.8. The van der Waals surface area contributed by atoms with E-state index < -0.39 is 18.3 Å². The summed E-state index contributed by atoms with van der Waals surface area (Å²) in [5.74, 6) is 0. The number of benzene rings is 1. The number of hydrogen-bond donors (Lipinski definition) is 2. The zero-order valence-corrected chi connectivity index (χ0v) is 12.9. The zero-order valence-electron chi connectivity index (χ0n) is 12.9. The van der Waals surface area contributed by atoms with Crippen LogP contribution in [-0.4, -0.2) is 31.4 Å². The van der Waals surface area contributed by atoms with Gasteiger partial charge in [0.15, 0.2) is 0 Å². The summed E-state index contributed by atoms with van der Waals surface area (Å²) in [5.41, 5.74) is 2.72. The lowest BCUT2D eigenvalue weighted by Crippen LogP contribution is -2.34. The van der Waals surface area contributed by atoms with E-state index >= 15 is 0 Å². The van der Waals surface area contributed by atoms with Gasteiger partial charge in [-0.3, -0.25) is 5.32 Å². The van der Waals surface area contributed by atoms with Crippen LogP contribution in [0.15, 0.2) is 18.2 Å². The molecule has 0 saturated heterocycles. The van der Waals surface area contributed by atoms with Crippen molar-refractivity contribution >= 4 is 17.9 Å². The average Bonchev–Trinajstić information content (AvgIpc) is 2.41. The fourth-order valence-corrected chi connectivity index (χ4v) is 1.64. The first-order chi connectivity index (χ1) is 9.92. The molecular weight excluding hydrogens is 272 g/mol. The van der Waals surface area contributed by atoms with Gasteiger partial charge in [-0.1, -0.05) is 12.1 Å². The van der Waals surface area contributed by atoms with Crippen LogP contribution in [0, 0.1) is 13.8 Å². The maximum absolute atomic E-state index is 11.8. The van der Waals surface area contributed by atoms with E-state index in [9.17, 15) is 9.59 Å². The van der Waals surface area contributed by atoms with Crippen LogP contribution in [0.5, 0.6) is 0 Å². The molecule has 0 aliphatic rings. The molecule has 2 amide bonds. The first kappa shape index (κ1) is 16.8. The highest BCUT2D eigenvalue weighted by Gasteiger charge is 2.12. The summed E-state index contributed by atoms with van der Waals surface area (Å²) in [6.07, 6.45) is -1.54. The van der Waals surface area contributed by atoms with Crippen molar-refractivity contribution in [2.45, 2.75) is 33.8 Å². The van der Waals surface area contributed by atoms with Crippen molar-refractivity contribution in [2.75, 3.05) is 18.5 Å². The number of anilines is 1. The van der Waals surface area contributed by atoms with Crippen molar-refractivity contribution in [1.82, 2.24) is 5.32 Å². The molecule has 2 N–H and O–H groups in total. The third-order valence-electron chi connectivity index (χ3n) is 2.75. The molecule has 0 radical (unpaired) electrons. The van der Waals surface area contributed by atoms with E-state index in [1.54, 1.807) is 13.8 Å². The van der Waals surface area contributed by atoms with Gasteiger partial charge in [-0.2, -0.15) is 0 Å². The van der Waals surface area contributed by atoms with E-state index in [4.69, 9.17) is 9.47 Å². The fraction of sp³-hybridized carbons (Fsp3) is 0.467. The van der Waals surface area contributed by atoms with Crippen molar-refractivity contribution in [3.8, 4) is 0 Å². The summed E-state index contributed by atoms with van der Waals surface area (Å²) in [6, 6.07) is 5.77. The van der Waals surface area contributed by atoms with Gasteiger partial charge < -0.3 is 14.8 Å². The number of amides is 2. The van der Waals surface area contributed by atoms with Gasteiger partial charge in [0.25, 0.3) is 0 Å². The second kappa shape index (κ2) is 8.14. The number of hydrogen-bond acceptors (Lipinski definition) is 4. The molecule has 1 rings (SSSR count). The largest absolute Gasteiger partial charge is 0.450 e. The molecule has 116 valence electrons. The van der Waals surface area contributed by atoms with Crippen molar-refractivity contribution in [2.24, 2.45) is 0 Å². The molecular formula is C15H22N2O4. The van der Waals surface area contributed by atoms with Gasteiger partial charge in [-0.25, -0.2) is 9.59 Å². The number of carbonyl (C=O) groups is 2. The van der Waals surface area contributed by atoms with E-state index in [0.717, 1.165) is 11.1 Å². The molecule has 6 heteroatoms. The van der Waals surface area contributed by atoms with Crippen LogP contribution >= 0.6 is 0 Å². The summed E-state index contributed by atoms with van der Waals surface area (Å²) in [5, 5.41) is 5.20. The van der Waals surface area contributed by atoms with Gasteiger partial charge in [0.1, 0.15) is 6.10 Å². The summed E-state index contributed by atoms with van der Waals surface area (Å²) >= 11 is 0. The van der Waals surface area contributed by atoms with E-state index in [2.05, 4.69) is 10.6 Å². The third-order valence-corrected chi connectivity index (χ3v) is 2.75. The molecule has 1 aromatic rings. The number of carbonyl (C=O) groups excluding carboxylic acids is 2. The minimum absolute atomic E-state index is 0.194. The maximum atomic E-state index is 11.8. The summed E-state index contributed by atoms with van der Waals surface area (Å²) < 4.78 is 9.87. The van der Waals surface area contributed by atoms with E-state index in [-0.39, 0.29) is 6.54 Å². The summed E-state index contributed by atoms with van der Waals surface area (Å²) in [6.45, 7) is 7.75. The molecule has 0 aliphatic heterocycles. The summed E-state index contributed by atoms with van der Waals surface area (Å²) in [4.78, 5) is 22.9. The van der Waals surface area contributed by atoms with Gasteiger partial charge in [-0.05, 0) is 44.9 Å². The van der Waals surface area contributed by atoms with Crippen molar-refractivity contribution in [1.29, 1.82) is 0 Å². The number of aryl methyl sites for hydroxylation is 2. The highest BCUT2D eigenvalue weighted by atomic mass is 16.6. The Morgan fingerprint density at radius 3 is 2.62 bits per heavy atom. The van der Waals surface area contributed by atoms with Gasteiger partial charge in [-0.15, -0.1) is 0 Å². The molecule has 0 aliphatic carbocycles. The Labute approximate surface area is 124 Å². The van der Waals surface area contributed by atoms with Crippen LogP contribution in [0.1, 0.15) is 25.0 Å². The Morgan fingerprint density at radius 1 is 1.24 bits per heavy atom. The molecule has 1 aromatic carbocycles. The van der Waals surface area contributed by atoms with E-state index in [1.807, 2.05) is 32.0 Å². The van der Waals surface area contributed by atoms with Gasteiger partial charge in [0.2, 0.25) is 0 Å².